The van der Waals surface area contributed by atoms with Crippen LogP contribution < -0.4 is 5.32 Å². The van der Waals surface area contributed by atoms with E-state index in [0.29, 0.717) is 31.1 Å². The lowest BCUT2D eigenvalue weighted by Crippen LogP contribution is -2.37. The van der Waals surface area contributed by atoms with Crippen LogP contribution in [0.5, 0.6) is 0 Å². The highest BCUT2D eigenvalue weighted by Crippen LogP contribution is 2.36. The van der Waals surface area contributed by atoms with Gasteiger partial charge in [0.2, 0.25) is 0 Å². The molecule has 5 rings (SSSR count). The van der Waals surface area contributed by atoms with Crippen molar-refractivity contribution < 1.29 is 9.59 Å². The van der Waals surface area contributed by atoms with Crippen LogP contribution in [0.3, 0.4) is 0 Å². The SMILES string of the molecule is CC#CC(=O)N1CCC(c2c[nH]c3ncnc(-c4ccc(CNC(=O)c5ccc(C(C)(C)C)cc5)cc4)c23)CC1. The minimum atomic E-state index is -0.0985. The predicted octanol–water partition coefficient (Wildman–Crippen LogP) is 5.58. The van der Waals surface area contributed by atoms with Crippen molar-refractivity contribution in [2.24, 2.45) is 0 Å². The zero-order chi connectivity index (χ0) is 28.3. The van der Waals surface area contributed by atoms with Crippen LogP contribution in [0.25, 0.3) is 22.3 Å². The number of likely N-dealkylation sites (tertiary alicyclic amines) is 1. The number of aromatic amines is 1. The summed E-state index contributed by atoms with van der Waals surface area (Å²) in [6.07, 6.45) is 5.36. The van der Waals surface area contributed by atoms with Crippen molar-refractivity contribution in [1.82, 2.24) is 25.2 Å². The molecule has 40 heavy (non-hydrogen) atoms. The van der Waals surface area contributed by atoms with Gasteiger partial charge in [-0.3, -0.25) is 9.59 Å². The summed E-state index contributed by atoms with van der Waals surface area (Å²) in [7, 11) is 0. The number of H-pyrrole nitrogens is 1. The maximum atomic E-state index is 12.7. The Morgan fingerprint density at radius 2 is 1.73 bits per heavy atom. The molecule has 0 aliphatic carbocycles. The molecule has 2 amide bonds. The number of fused-ring (bicyclic) bond motifs is 1. The highest BCUT2D eigenvalue weighted by molar-refractivity contribution is 5.95. The van der Waals surface area contributed by atoms with E-state index in [1.807, 2.05) is 59.6 Å². The van der Waals surface area contributed by atoms with Crippen LogP contribution in [0, 0.1) is 11.8 Å². The summed E-state index contributed by atoms with van der Waals surface area (Å²) < 4.78 is 0. The maximum absolute atomic E-state index is 12.7. The van der Waals surface area contributed by atoms with E-state index in [0.717, 1.165) is 40.7 Å². The second-order valence-electron chi connectivity index (χ2n) is 11.3. The Morgan fingerprint density at radius 3 is 2.38 bits per heavy atom. The summed E-state index contributed by atoms with van der Waals surface area (Å²) in [6.45, 7) is 9.98. The van der Waals surface area contributed by atoms with Gasteiger partial charge in [0.15, 0.2) is 0 Å². The number of carbonyl (C=O) groups is 2. The summed E-state index contributed by atoms with van der Waals surface area (Å²) in [5, 5.41) is 4.05. The number of amides is 2. The number of aromatic nitrogens is 3. The van der Waals surface area contributed by atoms with Crippen LogP contribution in [0.1, 0.15) is 73.5 Å². The lowest BCUT2D eigenvalue weighted by molar-refractivity contribution is -0.126. The number of rotatable bonds is 5. The Morgan fingerprint density at radius 1 is 1.02 bits per heavy atom. The molecule has 1 fully saturated rings. The van der Waals surface area contributed by atoms with Crippen molar-refractivity contribution in [3.63, 3.8) is 0 Å². The molecule has 2 aromatic carbocycles. The first-order chi connectivity index (χ1) is 19.2. The average Bonchev–Trinajstić information content (AvgIpc) is 3.40. The van der Waals surface area contributed by atoms with E-state index in [2.05, 4.69) is 52.9 Å². The molecule has 0 unspecified atom stereocenters. The molecule has 0 bridgehead atoms. The van der Waals surface area contributed by atoms with Gasteiger partial charge in [0.05, 0.1) is 5.69 Å². The Kier molecular flexibility index (Phi) is 7.70. The number of carbonyl (C=O) groups excluding carboxylic acids is 2. The van der Waals surface area contributed by atoms with Gasteiger partial charge in [-0.15, -0.1) is 0 Å². The molecule has 7 heteroatoms. The average molecular weight is 534 g/mol. The van der Waals surface area contributed by atoms with E-state index in [-0.39, 0.29) is 17.2 Å². The Hall–Kier alpha value is -4.44. The van der Waals surface area contributed by atoms with Crippen molar-refractivity contribution in [3.05, 3.63) is 83.3 Å². The molecular formula is C33H35N5O2. The number of benzene rings is 2. The molecule has 1 saturated heterocycles. The van der Waals surface area contributed by atoms with Gasteiger partial charge < -0.3 is 15.2 Å². The molecule has 1 aliphatic rings. The van der Waals surface area contributed by atoms with E-state index >= 15 is 0 Å². The maximum Gasteiger partial charge on any atom is 0.298 e. The third kappa shape index (κ3) is 5.76. The summed E-state index contributed by atoms with van der Waals surface area (Å²) in [4.78, 5) is 39.2. The minimum absolute atomic E-state index is 0.0507. The molecule has 0 spiro atoms. The van der Waals surface area contributed by atoms with E-state index in [1.165, 1.54) is 11.1 Å². The molecule has 0 atom stereocenters. The Balaban J connectivity index is 1.28. The molecule has 7 nitrogen and oxygen atoms in total. The molecule has 204 valence electrons. The standard InChI is InChI=1S/C33H35N5O2/c1-5-6-28(39)38-17-15-23(16-18-38)27-20-34-31-29(27)30(36-21-37-31)24-9-7-22(8-10-24)19-35-32(40)25-11-13-26(14-12-25)33(2,3)4/h7-14,20-21,23H,15-19H2,1-4H3,(H,35,40)(H,34,36,37). The second-order valence-corrected chi connectivity index (χ2v) is 11.3. The fourth-order valence-corrected chi connectivity index (χ4v) is 5.29. The van der Waals surface area contributed by atoms with Crippen molar-refractivity contribution in [2.45, 2.75) is 58.4 Å². The Labute approximate surface area is 235 Å². The predicted molar refractivity (Wildman–Crippen MR) is 158 cm³/mol. The summed E-state index contributed by atoms with van der Waals surface area (Å²) in [6, 6.07) is 15.9. The normalized spacial score (nSPS) is 14.1. The van der Waals surface area contributed by atoms with Gasteiger partial charge in [0.1, 0.15) is 12.0 Å². The number of piperidine rings is 1. The fourth-order valence-electron chi connectivity index (χ4n) is 5.29. The highest BCUT2D eigenvalue weighted by atomic mass is 16.2. The van der Waals surface area contributed by atoms with E-state index in [9.17, 15) is 9.59 Å². The van der Waals surface area contributed by atoms with Gasteiger partial charge in [0, 0.05) is 42.3 Å². The molecule has 3 heterocycles. The van der Waals surface area contributed by atoms with Crippen LogP contribution >= 0.6 is 0 Å². The van der Waals surface area contributed by atoms with Gasteiger partial charge in [-0.05, 0) is 65.8 Å². The summed E-state index contributed by atoms with van der Waals surface area (Å²) in [5.41, 5.74) is 6.79. The summed E-state index contributed by atoms with van der Waals surface area (Å²) in [5.74, 6) is 5.47. The van der Waals surface area contributed by atoms with Crippen LogP contribution in [0.4, 0.5) is 0 Å². The zero-order valence-electron chi connectivity index (χ0n) is 23.5. The molecule has 2 aromatic heterocycles. The minimum Gasteiger partial charge on any atom is -0.348 e. The zero-order valence-corrected chi connectivity index (χ0v) is 23.5. The third-order valence-electron chi connectivity index (χ3n) is 7.65. The number of hydrogen-bond acceptors (Lipinski definition) is 4. The first-order valence-electron chi connectivity index (χ1n) is 13.8. The van der Waals surface area contributed by atoms with E-state index in [1.54, 1.807) is 13.3 Å². The largest absolute Gasteiger partial charge is 0.348 e. The molecule has 0 saturated carbocycles. The van der Waals surface area contributed by atoms with Crippen LogP contribution in [-0.2, 0) is 16.8 Å². The lowest BCUT2D eigenvalue weighted by Gasteiger charge is -2.30. The van der Waals surface area contributed by atoms with Crippen molar-refractivity contribution in [1.29, 1.82) is 0 Å². The first kappa shape index (κ1) is 27.1. The molecule has 2 N–H and O–H groups in total. The quantitative estimate of drug-likeness (QED) is 0.328. The third-order valence-corrected chi connectivity index (χ3v) is 7.65. The monoisotopic (exact) mass is 533 g/mol. The van der Waals surface area contributed by atoms with Crippen LogP contribution in [0.15, 0.2) is 61.1 Å². The van der Waals surface area contributed by atoms with Crippen molar-refractivity contribution in [2.75, 3.05) is 13.1 Å². The molecular weight excluding hydrogens is 498 g/mol. The fraction of sp³-hybridized carbons (Fsp3) is 0.333. The van der Waals surface area contributed by atoms with Gasteiger partial charge in [0.25, 0.3) is 11.8 Å². The highest BCUT2D eigenvalue weighted by Gasteiger charge is 2.26. The number of nitrogens with zero attached hydrogens (tertiary/aromatic N) is 3. The molecule has 1 aliphatic heterocycles. The number of hydrogen-bond donors (Lipinski definition) is 2. The van der Waals surface area contributed by atoms with E-state index in [4.69, 9.17) is 0 Å². The Bertz CT molecular complexity index is 1580. The smallest absolute Gasteiger partial charge is 0.298 e. The van der Waals surface area contributed by atoms with Gasteiger partial charge in [-0.2, -0.15) is 0 Å². The summed E-state index contributed by atoms with van der Waals surface area (Å²) >= 11 is 0. The van der Waals surface area contributed by atoms with Gasteiger partial charge >= 0.3 is 0 Å². The number of nitrogens with one attached hydrogen (secondary N) is 2. The van der Waals surface area contributed by atoms with Crippen molar-refractivity contribution in [3.8, 4) is 23.1 Å². The van der Waals surface area contributed by atoms with Crippen molar-refractivity contribution >= 4 is 22.8 Å². The van der Waals surface area contributed by atoms with Crippen LogP contribution in [-0.4, -0.2) is 44.8 Å². The molecule has 4 aromatic rings. The lowest BCUT2D eigenvalue weighted by atomic mass is 9.87. The van der Waals surface area contributed by atoms with Gasteiger partial charge in [-0.25, -0.2) is 9.97 Å². The van der Waals surface area contributed by atoms with Crippen LogP contribution in [0.2, 0.25) is 0 Å². The second kappa shape index (κ2) is 11.4. The van der Waals surface area contributed by atoms with E-state index < -0.39 is 0 Å². The first-order valence-corrected chi connectivity index (χ1v) is 13.8. The van der Waals surface area contributed by atoms with Gasteiger partial charge in [-0.1, -0.05) is 63.1 Å². The topological polar surface area (TPSA) is 91.0 Å². The molecule has 0 radical (unpaired) electrons.